The molecule has 0 aromatic heterocycles. The van der Waals surface area contributed by atoms with Crippen molar-refractivity contribution in [3.63, 3.8) is 0 Å². The Morgan fingerprint density at radius 2 is 1.31 bits per heavy atom. The topological polar surface area (TPSA) is 12.4 Å². The summed E-state index contributed by atoms with van der Waals surface area (Å²) in [5, 5.41) is 0. The van der Waals surface area contributed by atoms with Crippen molar-refractivity contribution >= 4 is 11.4 Å². The number of para-hydroxylation sites is 1. The van der Waals surface area contributed by atoms with Gasteiger partial charge < -0.3 is 0 Å². The van der Waals surface area contributed by atoms with Crippen molar-refractivity contribution < 1.29 is 0 Å². The van der Waals surface area contributed by atoms with Crippen molar-refractivity contribution in [3.05, 3.63) is 125 Å². The van der Waals surface area contributed by atoms with E-state index in [1.807, 2.05) is 0 Å². The lowest BCUT2D eigenvalue weighted by Crippen LogP contribution is -2.17. The smallest absolute Gasteiger partial charge is 0.0712 e. The van der Waals surface area contributed by atoms with Gasteiger partial charge in [0.2, 0.25) is 0 Å². The number of aryl methyl sites for hydroxylation is 2. The monoisotopic (exact) mass is 373 g/mol. The lowest BCUT2D eigenvalue weighted by atomic mass is 9.79. The molecule has 1 aliphatic heterocycles. The van der Waals surface area contributed by atoms with E-state index in [-0.39, 0.29) is 5.92 Å². The normalized spacial score (nSPS) is 15.1. The van der Waals surface area contributed by atoms with Crippen molar-refractivity contribution in [2.24, 2.45) is 4.99 Å². The van der Waals surface area contributed by atoms with Crippen LogP contribution >= 0.6 is 0 Å². The molecule has 1 aliphatic rings. The molecule has 4 aromatic carbocycles. The van der Waals surface area contributed by atoms with Crippen molar-refractivity contribution in [2.45, 2.75) is 19.8 Å². The summed E-state index contributed by atoms with van der Waals surface area (Å²) < 4.78 is 0. The molecule has 5 rings (SSSR count). The SMILES string of the molecule is Cc1cc(C)c2c(c1)-c1ccccc1N=C(c1ccccc1)[C@@H]2c1ccccc1. The van der Waals surface area contributed by atoms with Crippen LogP contribution in [0.1, 0.15) is 33.7 Å². The van der Waals surface area contributed by atoms with Crippen molar-refractivity contribution in [3.8, 4) is 11.1 Å². The van der Waals surface area contributed by atoms with E-state index in [0.717, 1.165) is 11.4 Å². The molecule has 0 fully saturated rings. The molecule has 0 spiro atoms. The minimum absolute atomic E-state index is 0.0848. The Balaban J connectivity index is 1.91. The van der Waals surface area contributed by atoms with Crippen molar-refractivity contribution in [1.82, 2.24) is 0 Å². The minimum Gasteiger partial charge on any atom is -0.251 e. The summed E-state index contributed by atoms with van der Waals surface area (Å²) in [6, 6.07) is 34.5. The lowest BCUT2D eigenvalue weighted by molar-refractivity contribution is 1.06. The van der Waals surface area contributed by atoms with E-state index in [1.54, 1.807) is 0 Å². The van der Waals surface area contributed by atoms with Gasteiger partial charge >= 0.3 is 0 Å². The van der Waals surface area contributed by atoms with E-state index in [9.17, 15) is 0 Å². The maximum absolute atomic E-state index is 5.27. The van der Waals surface area contributed by atoms with Gasteiger partial charge in [-0.2, -0.15) is 0 Å². The van der Waals surface area contributed by atoms with Gasteiger partial charge in [0, 0.05) is 5.56 Å². The highest BCUT2D eigenvalue weighted by atomic mass is 14.8. The maximum Gasteiger partial charge on any atom is 0.0712 e. The first-order valence-corrected chi connectivity index (χ1v) is 10.1. The highest BCUT2D eigenvalue weighted by Crippen LogP contribution is 2.45. The first-order chi connectivity index (χ1) is 14.2. The van der Waals surface area contributed by atoms with Crippen LogP contribution in [0.4, 0.5) is 5.69 Å². The molecule has 4 aromatic rings. The fourth-order valence-corrected chi connectivity index (χ4v) is 4.52. The van der Waals surface area contributed by atoms with E-state index in [1.165, 1.54) is 38.9 Å². The molecule has 0 amide bonds. The number of benzene rings is 4. The molecule has 0 bridgehead atoms. The molecular formula is C28H23N. The number of aliphatic imine (C=N–C) groups is 1. The molecule has 1 atom stereocenters. The third-order valence-corrected chi connectivity index (χ3v) is 5.73. The molecule has 140 valence electrons. The van der Waals surface area contributed by atoms with Gasteiger partial charge in [0.1, 0.15) is 0 Å². The lowest BCUT2D eigenvalue weighted by Gasteiger charge is -2.24. The molecule has 29 heavy (non-hydrogen) atoms. The Labute approximate surface area is 172 Å². The molecule has 0 saturated carbocycles. The van der Waals surface area contributed by atoms with Crippen LogP contribution in [0, 0.1) is 13.8 Å². The predicted octanol–water partition coefficient (Wildman–Crippen LogP) is 7.24. The fourth-order valence-electron chi connectivity index (χ4n) is 4.52. The third kappa shape index (κ3) is 3.09. The van der Waals surface area contributed by atoms with E-state index >= 15 is 0 Å². The van der Waals surface area contributed by atoms with E-state index in [2.05, 4.69) is 111 Å². The van der Waals surface area contributed by atoms with Gasteiger partial charge in [-0.15, -0.1) is 0 Å². The first kappa shape index (κ1) is 17.6. The van der Waals surface area contributed by atoms with Gasteiger partial charge in [-0.25, -0.2) is 0 Å². The zero-order valence-electron chi connectivity index (χ0n) is 16.8. The highest BCUT2D eigenvalue weighted by molar-refractivity contribution is 6.11. The summed E-state index contributed by atoms with van der Waals surface area (Å²) in [7, 11) is 0. The molecule has 1 heteroatoms. The van der Waals surface area contributed by atoms with E-state index < -0.39 is 0 Å². The van der Waals surface area contributed by atoms with Crippen LogP contribution in [0.5, 0.6) is 0 Å². The van der Waals surface area contributed by atoms with Crippen LogP contribution in [0.2, 0.25) is 0 Å². The van der Waals surface area contributed by atoms with Crippen LogP contribution in [0.3, 0.4) is 0 Å². The largest absolute Gasteiger partial charge is 0.251 e. The Morgan fingerprint density at radius 3 is 2.07 bits per heavy atom. The van der Waals surface area contributed by atoms with E-state index in [0.29, 0.717) is 0 Å². The van der Waals surface area contributed by atoms with Crippen molar-refractivity contribution in [1.29, 1.82) is 0 Å². The van der Waals surface area contributed by atoms with E-state index in [4.69, 9.17) is 4.99 Å². The van der Waals surface area contributed by atoms with Gasteiger partial charge in [-0.1, -0.05) is 96.6 Å². The zero-order valence-corrected chi connectivity index (χ0v) is 16.8. The molecule has 1 heterocycles. The summed E-state index contributed by atoms with van der Waals surface area (Å²) in [4.78, 5) is 5.27. The number of hydrogen-bond acceptors (Lipinski definition) is 1. The van der Waals surface area contributed by atoms with Gasteiger partial charge in [-0.3, -0.25) is 4.99 Å². The van der Waals surface area contributed by atoms with Gasteiger partial charge in [0.15, 0.2) is 0 Å². The van der Waals surface area contributed by atoms with Crippen LogP contribution < -0.4 is 0 Å². The quantitative estimate of drug-likeness (QED) is 0.351. The fraction of sp³-hybridized carbons (Fsp3) is 0.107. The van der Waals surface area contributed by atoms with Crippen LogP contribution in [0.25, 0.3) is 11.1 Å². The Kier molecular flexibility index (Phi) is 4.37. The molecular weight excluding hydrogens is 350 g/mol. The standard InChI is InChI=1S/C28H23N/c1-19-17-20(2)26-24(18-19)23-15-9-10-16-25(23)29-28(22-13-7-4-8-14-22)27(26)21-11-5-3-6-12-21/h3-18,27H,1-2H3/t27-/m1/s1. The van der Waals surface area contributed by atoms with Crippen molar-refractivity contribution in [2.75, 3.05) is 0 Å². The molecule has 0 aliphatic carbocycles. The average molecular weight is 373 g/mol. The Bertz CT molecular complexity index is 1200. The highest BCUT2D eigenvalue weighted by Gasteiger charge is 2.30. The Morgan fingerprint density at radius 1 is 0.655 bits per heavy atom. The molecule has 0 radical (unpaired) electrons. The second kappa shape index (κ2) is 7.18. The van der Waals surface area contributed by atoms with Gasteiger partial charge in [-0.05, 0) is 47.7 Å². The number of fused-ring (bicyclic) bond motifs is 3. The summed E-state index contributed by atoms with van der Waals surface area (Å²) >= 11 is 0. The summed E-state index contributed by atoms with van der Waals surface area (Å²) in [6.07, 6.45) is 0. The Hall–Kier alpha value is -3.45. The van der Waals surface area contributed by atoms with Gasteiger partial charge in [0.05, 0.1) is 17.3 Å². The molecule has 0 unspecified atom stereocenters. The maximum atomic E-state index is 5.27. The zero-order chi connectivity index (χ0) is 19.8. The minimum atomic E-state index is 0.0848. The third-order valence-electron chi connectivity index (χ3n) is 5.73. The number of rotatable bonds is 2. The molecule has 0 saturated heterocycles. The summed E-state index contributed by atoms with van der Waals surface area (Å²) in [5.41, 5.74) is 11.0. The van der Waals surface area contributed by atoms with Crippen LogP contribution in [-0.2, 0) is 0 Å². The van der Waals surface area contributed by atoms with Crippen LogP contribution in [-0.4, -0.2) is 5.71 Å². The average Bonchev–Trinajstić information content (AvgIpc) is 2.90. The first-order valence-electron chi connectivity index (χ1n) is 10.1. The second-order valence-electron chi connectivity index (χ2n) is 7.77. The summed E-state index contributed by atoms with van der Waals surface area (Å²) in [6.45, 7) is 4.41. The molecule has 1 nitrogen and oxygen atoms in total. The summed E-state index contributed by atoms with van der Waals surface area (Å²) in [5.74, 6) is 0.0848. The number of nitrogens with zero attached hydrogens (tertiary/aromatic N) is 1. The molecule has 0 N–H and O–H groups in total. The second-order valence-corrected chi connectivity index (χ2v) is 7.77. The number of hydrogen-bond donors (Lipinski definition) is 0. The predicted molar refractivity (Wildman–Crippen MR) is 122 cm³/mol. The van der Waals surface area contributed by atoms with Gasteiger partial charge in [0.25, 0.3) is 0 Å². The van der Waals surface area contributed by atoms with Crippen LogP contribution in [0.15, 0.2) is 102 Å².